The van der Waals surface area contributed by atoms with Gasteiger partial charge in [-0.1, -0.05) is 6.07 Å². The minimum absolute atomic E-state index is 0.186. The SMILES string of the molecule is CC(=O)c1nn(CC(=O)O)c2ccc(-c3cnc(F)nc3)cc12. The molecule has 3 rings (SSSR count). The number of carboxylic acids is 1. The Hall–Kier alpha value is -3.16. The topological polar surface area (TPSA) is 98.0 Å². The molecule has 2 heterocycles. The average molecular weight is 314 g/mol. The van der Waals surface area contributed by atoms with E-state index in [4.69, 9.17) is 5.11 Å². The first-order valence-corrected chi connectivity index (χ1v) is 6.67. The highest BCUT2D eigenvalue weighted by atomic mass is 19.1. The van der Waals surface area contributed by atoms with Crippen molar-refractivity contribution in [2.75, 3.05) is 0 Å². The molecule has 0 aliphatic heterocycles. The van der Waals surface area contributed by atoms with Gasteiger partial charge in [0.25, 0.3) is 0 Å². The summed E-state index contributed by atoms with van der Waals surface area (Å²) in [6, 6.07) is 5.06. The second kappa shape index (κ2) is 5.56. The number of halogens is 1. The Labute approximate surface area is 129 Å². The fourth-order valence-electron chi connectivity index (χ4n) is 2.33. The van der Waals surface area contributed by atoms with E-state index in [-0.39, 0.29) is 18.0 Å². The van der Waals surface area contributed by atoms with E-state index < -0.39 is 12.0 Å². The Balaban J connectivity index is 2.18. The summed E-state index contributed by atoms with van der Waals surface area (Å²) in [6.45, 7) is 1.02. The van der Waals surface area contributed by atoms with Gasteiger partial charge in [-0.05, 0) is 17.7 Å². The maximum atomic E-state index is 12.8. The van der Waals surface area contributed by atoms with Gasteiger partial charge in [0.15, 0.2) is 5.78 Å². The number of fused-ring (bicyclic) bond motifs is 1. The number of carbonyl (C=O) groups excluding carboxylic acids is 1. The zero-order valence-electron chi connectivity index (χ0n) is 12.0. The van der Waals surface area contributed by atoms with Crippen LogP contribution in [0.1, 0.15) is 17.4 Å². The third kappa shape index (κ3) is 2.78. The average Bonchev–Trinajstić information content (AvgIpc) is 2.85. The number of aliphatic carboxylic acids is 1. The molecule has 23 heavy (non-hydrogen) atoms. The first-order chi connectivity index (χ1) is 11.0. The third-order valence-corrected chi connectivity index (χ3v) is 3.32. The number of nitrogens with zero attached hydrogens (tertiary/aromatic N) is 4. The van der Waals surface area contributed by atoms with Crippen molar-refractivity contribution >= 4 is 22.7 Å². The summed E-state index contributed by atoms with van der Waals surface area (Å²) in [4.78, 5) is 29.7. The van der Waals surface area contributed by atoms with E-state index >= 15 is 0 Å². The fraction of sp³-hybridized carbons (Fsp3) is 0.133. The summed E-state index contributed by atoms with van der Waals surface area (Å²) in [5.41, 5.74) is 1.97. The predicted molar refractivity (Wildman–Crippen MR) is 78.4 cm³/mol. The summed E-state index contributed by atoms with van der Waals surface area (Å²) in [7, 11) is 0. The zero-order chi connectivity index (χ0) is 16.6. The molecular formula is C15H11FN4O3. The van der Waals surface area contributed by atoms with Crippen LogP contribution in [0.15, 0.2) is 30.6 Å². The Kier molecular flexibility index (Phi) is 3.57. The van der Waals surface area contributed by atoms with Crippen molar-refractivity contribution in [2.24, 2.45) is 0 Å². The summed E-state index contributed by atoms with van der Waals surface area (Å²) < 4.78 is 14.1. The van der Waals surface area contributed by atoms with Gasteiger partial charge >= 0.3 is 12.0 Å². The summed E-state index contributed by atoms with van der Waals surface area (Å²) in [5, 5.41) is 13.5. The van der Waals surface area contributed by atoms with E-state index in [1.165, 1.54) is 24.0 Å². The van der Waals surface area contributed by atoms with Gasteiger partial charge in [-0.3, -0.25) is 14.3 Å². The first-order valence-electron chi connectivity index (χ1n) is 6.67. The maximum absolute atomic E-state index is 12.8. The van der Waals surface area contributed by atoms with Crippen molar-refractivity contribution in [1.29, 1.82) is 0 Å². The lowest BCUT2D eigenvalue weighted by Gasteiger charge is -2.02. The molecule has 1 N–H and O–H groups in total. The molecule has 0 saturated heterocycles. The molecule has 0 radical (unpaired) electrons. The minimum Gasteiger partial charge on any atom is -0.480 e. The molecule has 0 saturated carbocycles. The number of carbonyl (C=O) groups is 2. The van der Waals surface area contributed by atoms with Crippen LogP contribution in [-0.2, 0) is 11.3 Å². The van der Waals surface area contributed by atoms with Crippen LogP contribution < -0.4 is 0 Å². The number of rotatable bonds is 4. The van der Waals surface area contributed by atoms with Gasteiger partial charge in [-0.15, -0.1) is 0 Å². The summed E-state index contributed by atoms with van der Waals surface area (Å²) >= 11 is 0. The molecule has 0 amide bonds. The maximum Gasteiger partial charge on any atom is 0.325 e. The highest BCUT2D eigenvalue weighted by Crippen LogP contribution is 2.26. The Morgan fingerprint density at radius 2 is 1.91 bits per heavy atom. The second-order valence-corrected chi connectivity index (χ2v) is 4.93. The molecule has 0 fully saturated rings. The molecule has 0 bridgehead atoms. The van der Waals surface area contributed by atoms with Crippen molar-refractivity contribution in [3.05, 3.63) is 42.4 Å². The number of hydrogen-bond donors (Lipinski definition) is 1. The minimum atomic E-state index is -1.06. The van der Waals surface area contributed by atoms with Gasteiger partial charge in [0.2, 0.25) is 0 Å². The van der Waals surface area contributed by atoms with Crippen LogP contribution in [0.5, 0.6) is 0 Å². The molecule has 1 aromatic carbocycles. The number of aromatic nitrogens is 4. The monoisotopic (exact) mass is 314 g/mol. The van der Waals surface area contributed by atoms with Gasteiger partial charge < -0.3 is 5.11 Å². The second-order valence-electron chi connectivity index (χ2n) is 4.93. The summed E-state index contributed by atoms with van der Waals surface area (Å²) in [5.74, 6) is -1.33. The van der Waals surface area contributed by atoms with E-state index in [2.05, 4.69) is 15.1 Å². The molecule has 0 aliphatic rings. The molecule has 3 aromatic rings. The number of hydrogen-bond acceptors (Lipinski definition) is 5. The Morgan fingerprint density at radius 1 is 1.22 bits per heavy atom. The molecule has 0 spiro atoms. The molecule has 8 heteroatoms. The molecule has 0 unspecified atom stereocenters. The van der Waals surface area contributed by atoms with Crippen LogP contribution >= 0.6 is 0 Å². The molecule has 0 aliphatic carbocycles. The van der Waals surface area contributed by atoms with Gasteiger partial charge in [-0.2, -0.15) is 9.49 Å². The van der Waals surface area contributed by atoms with E-state index in [0.717, 1.165) is 0 Å². The first kappa shape index (κ1) is 14.8. The number of Topliss-reactive ketones (excluding diaryl/α,β-unsaturated/α-hetero) is 1. The highest BCUT2D eigenvalue weighted by molar-refractivity contribution is 6.06. The van der Waals surface area contributed by atoms with Crippen LogP contribution in [0.25, 0.3) is 22.0 Å². The van der Waals surface area contributed by atoms with Gasteiger partial charge in [0.1, 0.15) is 12.2 Å². The zero-order valence-corrected chi connectivity index (χ0v) is 12.0. The standard InChI is InChI=1S/C15H11FN4O3/c1-8(21)14-11-4-9(10-5-17-15(16)18-6-10)2-3-12(11)20(19-14)7-13(22)23/h2-6H,7H2,1H3,(H,22,23). The third-order valence-electron chi connectivity index (χ3n) is 3.32. The number of ketones is 1. The van der Waals surface area contributed by atoms with Crippen LogP contribution in [0.2, 0.25) is 0 Å². The van der Waals surface area contributed by atoms with E-state index in [1.807, 2.05) is 0 Å². The summed E-state index contributed by atoms with van der Waals surface area (Å²) in [6.07, 6.45) is 1.84. The van der Waals surface area contributed by atoms with Crippen molar-refractivity contribution in [3.63, 3.8) is 0 Å². The van der Waals surface area contributed by atoms with Gasteiger partial charge in [0.05, 0.1) is 5.52 Å². The van der Waals surface area contributed by atoms with Crippen LogP contribution in [0.3, 0.4) is 0 Å². The molecule has 7 nitrogen and oxygen atoms in total. The Bertz CT molecular complexity index is 918. The van der Waals surface area contributed by atoms with Crippen LogP contribution in [0.4, 0.5) is 4.39 Å². The predicted octanol–water partition coefficient (Wildman–Crippen LogP) is 1.92. The van der Waals surface area contributed by atoms with Gasteiger partial charge in [-0.25, -0.2) is 9.97 Å². The highest BCUT2D eigenvalue weighted by Gasteiger charge is 2.16. The molecular weight excluding hydrogens is 303 g/mol. The van der Waals surface area contributed by atoms with Crippen LogP contribution in [0, 0.1) is 6.08 Å². The van der Waals surface area contributed by atoms with Crippen molar-refractivity contribution < 1.29 is 19.1 Å². The number of benzene rings is 1. The van der Waals surface area contributed by atoms with Crippen molar-refractivity contribution in [2.45, 2.75) is 13.5 Å². The van der Waals surface area contributed by atoms with Crippen molar-refractivity contribution in [3.8, 4) is 11.1 Å². The van der Waals surface area contributed by atoms with Crippen molar-refractivity contribution in [1.82, 2.24) is 19.7 Å². The van der Waals surface area contributed by atoms with E-state index in [9.17, 15) is 14.0 Å². The van der Waals surface area contributed by atoms with E-state index in [1.54, 1.807) is 18.2 Å². The fourth-order valence-corrected chi connectivity index (χ4v) is 2.33. The lowest BCUT2D eigenvalue weighted by Crippen LogP contribution is -2.10. The lowest BCUT2D eigenvalue weighted by atomic mass is 10.0. The molecule has 116 valence electrons. The van der Waals surface area contributed by atoms with E-state index in [0.29, 0.717) is 22.0 Å². The smallest absolute Gasteiger partial charge is 0.325 e. The normalized spacial score (nSPS) is 10.9. The molecule has 2 aromatic heterocycles. The van der Waals surface area contributed by atoms with Crippen LogP contribution in [-0.4, -0.2) is 36.6 Å². The quantitative estimate of drug-likeness (QED) is 0.583. The number of carboxylic acid groups (broad SMARTS) is 1. The Morgan fingerprint density at radius 3 is 2.52 bits per heavy atom. The largest absolute Gasteiger partial charge is 0.480 e. The van der Waals surface area contributed by atoms with Gasteiger partial charge in [0, 0.05) is 30.3 Å². The lowest BCUT2D eigenvalue weighted by molar-refractivity contribution is -0.137. The molecule has 0 atom stereocenters.